The minimum atomic E-state index is -0.0634. The fourth-order valence-corrected chi connectivity index (χ4v) is 3.98. The first-order chi connectivity index (χ1) is 12.0. The van der Waals surface area contributed by atoms with Crippen molar-refractivity contribution in [2.45, 2.75) is 26.2 Å². The number of likely N-dealkylation sites (tertiary alicyclic amines) is 1. The normalized spacial score (nSPS) is 15.2. The summed E-state index contributed by atoms with van der Waals surface area (Å²) in [6.45, 7) is 2.85. The van der Waals surface area contributed by atoms with Gasteiger partial charge >= 0.3 is 0 Å². The number of anilines is 1. The molecule has 2 amide bonds. The molecular formula is C18H20ClN3O2S. The van der Waals surface area contributed by atoms with Crippen LogP contribution in [0.25, 0.3) is 0 Å². The lowest BCUT2D eigenvalue weighted by Crippen LogP contribution is -2.40. The van der Waals surface area contributed by atoms with Crippen molar-refractivity contribution < 1.29 is 9.59 Å². The first-order valence-corrected chi connectivity index (χ1v) is 9.47. The van der Waals surface area contributed by atoms with Gasteiger partial charge in [0.15, 0.2) is 5.13 Å². The number of piperidine rings is 1. The molecule has 1 fully saturated rings. The van der Waals surface area contributed by atoms with Crippen molar-refractivity contribution in [1.82, 2.24) is 9.88 Å². The number of nitrogens with one attached hydrogen (secondary N) is 1. The molecule has 0 atom stereocenters. The zero-order valence-corrected chi connectivity index (χ0v) is 15.6. The van der Waals surface area contributed by atoms with Gasteiger partial charge in [-0.15, -0.1) is 11.3 Å². The smallest absolute Gasteiger partial charge is 0.229 e. The second-order valence-electron chi connectivity index (χ2n) is 6.17. The second kappa shape index (κ2) is 7.97. The van der Waals surface area contributed by atoms with E-state index in [4.69, 9.17) is 11.6 Å². The van der Waals surface area contributed by atoms with Crippen molar-refractivity contribution in [3.8, 4) is 0 Å². The van der Waals surface area contributed by atoms with Crippen LogP contribution in [-0.4, -0.2) is 34.8 Å². The first-order valence-electron chi connectivity index (χ1n) is 8.27. The van der Waals surface area contributed by atoms with E-state index >= 15 is 0 Å². The summed E-state index contributed by atoms with van der Waals surface area (Å²) < 4.78 is 0. The van der Waals surface area contributed by atoms with Gasteiger partial charge < -0.3 is 10.2 Å². The zero-order chi connectivity index (χ0) is 17.8. The Morgan fingerprint density at radius 1 is 1.32 bits per heavy atom. The SMILES string of the molecule is CC(=O)N1CCC(C(=O)Nc2ncc(Cc3ccccc3Cl)s2)CC1. The number of carbonyl (C=O) groups excluding carboxylic acids is 2. The Labute approximate surface area is 156 Å². The topological polar surface area (TPSA) is 62.3 Å². The summed E-state index contributed by atoms with van der Waals surface area (Å²) in [6, 6.07) is 7.72. The van der Waals surface area contributed by atoms with Crippen LogP contribution in [0.5, 0.6) is 0 Å². The van der Waals surface area contributed by atoms with Crippen LogP contribution in [0, 0.1) is 5.92 Å². The van der Waals surface area contributed by atoms with E-state index in [0.29, 0.717) is 37.5 Å². The van der Waals surface area contributed by atoms with Gasteiger partial charge in [0.05, 0.1) is 0 Å². The molecule has 1 aliphatic rings. The van der Waals surface area contributed by atoms with E-state index in [9.17, 15) is 9.59 Å². The maximum atomic E-state index is 12.4. The molecule has 25 heavy (non-hydrogen) atoms. The number of hydrogen-bond acceptors (Lipinski definition) is 4. The van der Waals surface area contributed by atoms with Crippen LogP contribution in [0.2, 0.25) is 5.02 Å². The molecule has 5 nitrogen and oxygen atoms in total. The molecule has 1 aromatic carbocycles. The summed E-state index contributed by atoms with van der Waals surface area (Å²) >= 11 is 7.66. The molecule has 1 N–H and O–H groups in total. The molecule has 0 unspecified atom stereocenters. The van der Waals surface area contributed by atoms with Gasteiger partial charge in [-0.25, -0.2) is 4.98 Å². The number of hydrogen-bond donors (Lipinski definition) is 1. The Hall–Kier alpha value is -1.92. The van der Waals surface area contributed by atoms with Gasteiger partial charge in [0.25, 0.3) is 0 Å². The van der Waals surface area contributed by atoms with Crippen LogP contribution in [0.4, 0.5) is 5.13 Å². The highest BCUT2D eigenvalue weighted by Gasteiger charge is 2.26. The van der Waals surface area contributed by atoms with Crippen molar-refractivity contribution >= 4 is 39.9 Å². The van der Waals surface area contributed by atoms with Crippen molar-refractivity contribution in [3.05, 3.63) is 45.9 Å². The highest BCUT2D eigenvalue weighted by molar-refractivity contribution is 7.15. The van der Waals surface area contributed by atoms with Gasteiger partial charge in [-0.2, -0.15) is 0 Å². The van der Waals surface area contributed by atoms with E-state index in [0.717, 1.165) is 15.5 Å². The number of carbonyl (C=O) groups is 2. The minimum Gasteiger partial charge on any atom is -0.343 e. The van der Waals surface area contributed by atoms with E-state index in [2.05, 4.69) is 10.3 Å². The van der Waals surface area contributed by atoms with Gasteiger partial charge in [0.2, 0.25) is 11.8 Å². The molecule has 1 aromatic heterocycles. The second-order valence-corrected chi connectivity index (χ2v) is 7.69. The van der Waals surface area contributed by atoms with Crippen LogP contribution in [0.15, 0.2) is 30.5 Å². The van der Waals surface area contributed by atoms with Crippen molar-refractivity contribution in [1.29, 1.82) is 0 Å². The molecule has 3 rings (SSSR count). The summed E-state index contributed by atoms with van der Waals surface area (Å²) in [7, 11) is 0. The summed E-state index contributed by atoms with van der Waals surface area (Å²) in [5.41, 5.74) is 1.04. The van der Waals surface area contributed by atoms with Crippen molar-refractivity contribution in [3.63, 3.8) is 0 Å². The fourth-order valence-electron chi connectivity index (χ4n) is 2.94. The summed E-state index contributed by atoms with van der Waals surface area (Å²) in [5, 5.41) is 4.26. The predicted molar refractivity (Wildman–Crippen MR) is 100.0 cm³/mol. The van der Waals surface area contributed by atoms with Crippen LogP contribution < -0.4 is 5.32 Å². The summed E-state index contributed by atoms with van der Waals surface area (Å²) in [4.78, 5) is 30.9. The van der Waals surface area contributed by atoms with E-state index < -0.39 is 0 Å². The average Bonchev–Trinajstić information content (AvgIpc) is 3.04. The van der Waals surface area contributed by atoms with Gasteiger partial charge in [0, 0.05) is 48.4 Å². The maximum absolute atomic E-state index is 12.4. The number of nitrogens with zero attached hydrogens (tertiary/aromatic N) is 2. The minimum absolute atomic E-state index is 0.0122. The quantitative estimate of drug-likeness (QED) is 0.885. The monoisotopic (exact) mass is 377 g/mol. The molecule has 2 heterocycles. The molecule has 1 aliphatic heterocycles. The van der Waals surface area contributed by atoms with E-state index in [1.165, 1.54) is 11.3 Å². The number of rotatable bonds is 4. The Morgan fingerprint density at radius 2 is 2.04 bits per heavy atom. The molecule has 7 heteroatoms. The lowest BCUT2D eigenvalue weighted by molar-refractivity contribution is -0.132. The number of amides is 2. The van der Waals surface area contributed by atoms with E-state index in [1.54, 1.807) is 18.0 Å². The van der Waals surface area contributed by atoms with Gasteiger partial charge in [0.1, 0.15) is 0 Å². The number of halogens is 1. The third-order valence-corrected chi connectivity index (χ3v) is 5.70. The maximum Gasteiger partial charge on any atom is 0.229 e. The van der Waals surface area contributed by atoms with E-state index in [-0.39, 0.29) is 17.7 Å². The van der Waals surface area contributed by atoms with Crippen LogP contribution >= 0.6 is 22.9 Å². The van der Waals surface area contributed by atoms with Crippen LogP contribution in [-0.2, 0) is 16.0 Å². The predicted octanol–water partition coefficient (Wildman–Crippen LogP) is 3.58. The molecule has 1 saturated heterocycles. The zero-order valence-electron chi connectivity index (χ0n) is 14.0. The fraction of sp³-hybridized carbons (Fsp3) is 0.389. The Balaban J connectivity index is 1.55. The third kappa shape index (κ3) is 4.58. The first kappa shape index (κ1) is 17.9. The highest BCUT2D eigenvalue weighted by Crippen LogP contribution is 2.26. The third-order valence-electron chi connectivity index (χ3n) is 4.42. The van der Waals surface area contributed by atoms with Crippen molar-refractivity contribution in [2.24, 2.45) is 5.92 Å². The summed E-state index contributed by atoms with van der Waals surface area (Å²) in [6.07, 6.45) is 3.87. The molecule has 132 valence electrons. The molecular weight excluding hydrogens is 358 g/mol. The van der Waals surface area contributed by atoms with Crippen LogP contribution in [0.3, 0.4) is 0 Å². The molecule has 0 aliphatic carbocycles. The lowest BCUT2D eigenvalue weighted by atomic mass is 9.96. The molecule has 0 saturated carbocycles. The Bertz CT molecular complexity index is 769. The Morgan fingerprint density at radius 3 is 2.72 bits per heavy atom. The molecule has 0 spiro atoms. The average molecular weight is 378 g/mol. The Kier molecular flexibility index (Phi) is 5.71. The summed E-state index contributed by atoms with van der Waals surface area (Å²) in [5.74, 6) is -0.00337. The highest BCUT2D eigenvalue weighted by atomic mass is 35.5. The van der Waals surface area contributed by atoms with Gasteiger partial charge in [-0.3, -0.25) is 9.59 Å². The number of aromatic nitrogens is 1. The van der Waals surface area contributed by atoms with Crippen molar-refractivity contribution in [2.75, 3.05) is 18.4 Å². The largest absolute Gasteiger partial charge is 0.343 e. The lowest BCUT2D eigenvalue weighted by Gasteiger charge is -2.30. The standard InChI is InChI=1S/C18H20ClN3O2S/c1-12(23)22-8-6-13(7-9-22)17(24)21-18-20-11-15(25-18)10-14-4-2-3-5-16(14)19/h2-5,11,13H,6-10H2,1H3,(H,20,21,24). The number of benzene rings is 1. The molecule has 2 aromatic rings. The van der Waals surface area contributed by atoms with Gasteiger partial charge in [-0.1, -0.05) is 29.8 Å². The van der Waals surface area contributed by atoms with Gasteiger partial charge in [-0.05, 0) is 24.5 Å². The van der Waals surface area contributed by atoms with Crippen LogP contribution in [0.1, 0.15) is 30.2 Å². The van der Waals surface area contributed by atoms with E-state index in [1.807, 2.05) is 24.3 Å². The molecule has 0 radical (unpaired) electrons. The molecule has 0 bridgehead atoms. The number of thiazole rings is 1.